The van der Waals surface area contributed by atoms with Crippen LogP contribution in [0.15, 0.2) is 71.6 Å². The van der Waals surface area contributed by atoms with E-state index in [4.69, 9.17) is 0 Å². The summed E-state index contributed by atoms with van der Waals surface area (Å²) in [7, 11) is -2.22. The average Bonchev–Trinajstić information content (AvgIpc) is 3.38. The normalized spacial score (nSPS) is 14.1. The first-order valence-electron chi connectivity index (χ1n) is 11.3. The minimum absolute atomic E-state index is 0. The Labute approximate surface area is 207 Å². The highest BCUT2D eigenvalue weighted by atomic mass is 35.5. The van der Waals surface area contributed by atoms with Gasteiger partial charge in [0.1, 0.15) is 0 Å². The maximum absolute atomic E-state index is 13.4. The van der Waals surface area contributed by atoms with Crippen LogP contribution in [0.4, 0.5) is 4.79 Å². The second-order valence-electron chi connectivity index (χ2n) is 8.59. The van der Waals surface area contributed by atoms with E-state index in [9.17, 15) is 13.2 Å². The number of hydrogen-bond donors (Lipinski definition) is 2. The Morgan fingerprint density at radius 2 is 1.59 bits per heavy atom. The molecule has 0 aromatic heterocycles. The molecule has 4 N–H and O–H groups in total. The molecule has 7 nitrogen and oxygen atoms in total. The largest absolute Gasteiger partial charge is 1.00 e. The molecule has 0 spiro atoms. The topological polar surface area (TPSA) is 97.4 Å². The summed E-state index contributed by atoms with van der Waals surface area (Å²) in [5.41, 5.74) is 5.80. The molecule has 1 saturated carbocycles. The maximum Gasteiger partial charge on any atom is 0.335 e. The highest BCUT2D eigenvalue weighted by Gasteiger charge is 2.30. The first-order chi connectivity index (χ1) is 15.9. The first-order valence-corrected chi connectivity index (χ1v) is 12.8. The van der Waals surface area contributed by atoms with E-state index >= 15 is 0 Å². The molecule has 0 aliphatic heterocycles. The zero-order valence-electron chi connectivity index (χ0n) is 19.3. The minimum Gasteiger partial charge on any atom is -1.00 e. The van der Waals surface area contributed by atoms with Gasteiger partial charge in [0.2, 0.25) is 0 Å². The van der Waals surface area contributed by atoms with Gasteiger partial charge >= 0.3 is 6.03 Å². The van der Waals surface area contributed by atoms with E-state index in [2.05, 4.69) is 10.6 Å². The first kappa shape index (κ1) is 26.0. The number of carbonyl (C=O) groups is 1. The smallest absolute Gasteiger partial charge is 0.335 e. The number of amides is 2. The Morgan fingerprint density at radius 1 is 0.971 bits per heavy atom. The SMILES string of the molecule is CN(C(=O)N(Cc1ccc(C[NH3+])cc1)NS(=O)(=O)c1ccc2ccccc2c1)C1CCCC1.[Cl-]. The number of fused-ring (bicyclic) bond motifs is 1. The number of rotatable bonds is 7. The third kappa shape index (κ3) is 5.88. The fourth-order valence-corrected chi connectivity index (χ4v) is 5.37. The van der Waals surface area contributed by atoms with Gasteiger partial charge in [0.05, 0.1) is 18.0 Å². The van der Waals surface area contributed by atoms with E-state index in [1.54, 1.807) is 30.1 Å². The van der Waals surface area contributed by atoms with Gasteiger partial charge in [-0.05, 0) is 41.3 Å². The van der Waals surface area contributed by atoms with Gasteiger partial charge in [-0.1, -0.05) is 67.4 Å². The molecule has 0 unspecified atom stereocenters. The summed E-state index contributed by atoms with van der Waals surface area (Å²) < 4.78 is 26.6. The van der Waals surface area contributed by atoms with Crippen LogP contribution in [0.1, 0.15) is 36.8 Å². The van der Waals surface area contributed by atoms with Gasteiger partial charge in [0, 0.05) is 18.7 Å². The van der Waals surface area contributed by atoms with Crippen molar-refractivity contribution in [3.8, 4) is 0 Å². The second kappa shape index (κ2) is 11.2. The van der Waals surface area contributed by atoms with E-state index in [1.165, 1.54) is 5.01 Å². The number of hydrogen-bond acceptors (Lipinski definition) is 3. The summed E-state index contributed by atoms with van der Waals surface area (Å²) in [6.45, 7) is 0.794. The zero-order valence-corrected chi connectivity index (χ0v) is 20.9. The second-order valence-corrected chi connectivity index (χ2v) is 10.2. The van der Waals surface area contributed by atoms with Crippen LogP contribution < -0.4 is 23.0 Å². The van der Waals surface area contributed by atoms with Gasteiger partial charge in [0.25, 0.3) is 10.0 Å². The van der Waals surface area contributed by atoms with Crippen LogP contribution >= 0.6 is 0 Å². The van der Waals surface area contributed by atoms with Crippen molar-refractivity contribution < 1.29 is 31.4 Å². The lowest BCUT2D eigenvalue weighted by Gasteiger charge is -2.31. The van der Waals surface area contributed by atoms with Crippen LogP contribution in [-0.2, 0) is 23.1 Å². The molecule has 3 aromatic carbocycles. The quantitative estimate of drug-likeness (QED) is 0.454. The van der Waals surface area contributed by atoms with Gasteiger partial charge < -0.3 is 23.0 Å². The van der Waals surface area contributed by atoms with Crippen LogP contribution in [0.2, 0.25) is 0 Å². The number of quaternary nitrogens is 1. The fraction of sp³-hybridized carbons (Fsp3) is 0.320. The Bertz CT molecular complexity index is 1230. The van der Waals surface area contributed by atoms with Crippen LogP contribution in [0.3, 0.4) is 0 Å². The van der Waals surface area contributed by atoms with E-state index in [-0.39, 0.29) is 35.9 Å². The Kier molecular flexibility index (Phi) is 8.54. The Morgan fingerprint density at radius 3 is 2.24 bits per heavy atom. The summed E-state index contributed by atoms with van der Waals surface area (Å²) in [5.74, 6) is 0. The molecule has 4 rings (SSSR count). The van der Waals surface area contributed by atoms with Crippen LogP contribution in [-0.4, -0.2) is 37.4 Å². The number of halogens is 1. The molecule has 0 saturated heterocycles. The predicted molar refractivity (Wildman–Crippen MR) is 128 cm³/mol. The molecule has 0 atom stereocenters. The molecule has 34 heavy (non-hydrogen) atoms. The monoisotopic (exact) mass is 502 g/mol. The van der Waals surface area contributed by atoms with Crippen LogP contribution in [0.5, 0.6) is 0 Å². The standard InChI is InChI=1S/C25H30N4O3S.ClH/c1-28(23-8-4-5-9-23)25(30)29(18-20-12-10-19(17-26)11-13-20)27-33(31,32)24-15-14-21-6-2-3-7-22(21)16-24;/h2-3,6-7,10-16,23,27H,4-5,8-9,17-18,26H2,1H3;1H. The summed E-state index contributed by atoms with van der Waals surface area (Å²) in [4.78, 5) is 17.7. The van der Waals surface area contributed by atoms with Gasteiger partial charge in [0.15, 0.2) is 0 Å². The molecule has 0 bridgehead atoms. The van der Waals surface area contributed by atoms with Crippen molar-refractivity contribution in [3.63, 3.8) is 0 Å². The molecule has 0 radical (unpaired) electrons. The van der Waals surface area contributed by atoms with Crippen molar-refractivity contribution in [1.29, 1.82) is 0 Å². The molecule has 1 fully saturated rings. The van der Waals surface area contributed by atoms with Gasteiger partial charge in [-0.2, -0.15) is 0 Å². The van der Waals surface area contributed by atoms with Crippen molar-refractivity contribution in [2.24, 2.45) is 0 Å². The van der Waals surface area contributed by atoms with Crippen molar-refractivity contribution in [2.75, 3.05) is 7.05 Å². The number of nitrogens with zero attached hydrogens (tertiary/aromatic N) is 2. The highest BCUT2D eigenvalue weighted by Crippen LogP contribution is 2.24. The molecule has 9 heteroatoms. The maximum atomic E-state index is 13.4. The zero-order chi connectivity index (χ0) is 23.4. The lowest BCUT2D eigenvalue weighted by molar-refractivity contribution is -0.386. The number of nitrogens with one attached hydrogen (secondary N) is 1. The molecule has 182 valence electrons. The minimum atomic E-state index is -3.97. The molecular weight excluding hydrogens is 472 g/mol. The summed E-state index contributed by atoms with van der Waals surface area (Å²) >= 11 is 0. The number of carbonyl (C=O) groups excluding carboxylic acids is 1. The fourth-order valence-electron chi connectivity index (χ4n) is 4.30. The summed E-state index contributed by atoms with van der Waals surface area (Å²) in [6, 6.07) is 20.0. The van der Waals surface area contributed by atoms with E-state index in [0.717, 1.165) is 47.6 Å². The number of hydrazine groups is 1. The van der Waals surface area contributed by atoms with Crippen molar-refractivity contribution in [1.82, 2.24) is 14.7 Å². The third-order valence-electron chi connectivity index (χ3n) is 6.32. The number of sulfonamides is 1. The van der Waals surface area contributed by atoms with Crippen molar-refractivity contribution in [2.45, 2.75) is 49.7 Å². The molecular formula is C25H31ClN4O3S. The summed E-state index contributed by atoms with van der Waals surface area (Å²) in [6.07, 6.45) is 4.03. The predicted octanol–water partition coefficient (Wildman–Crippen LogP) is 0.276. The summed E-state index contributed by atoms with van der Waals surface area (Å²) in [5, 5.41) is 2.99. The molecule has 2 amide bonds. The van der Waals surface area contributed by atoms with Crippen LogP contribution in [0.25, 0.3) is 10.8 Å². The lowest BCUT2D eigenvalue weighted by Crippen LogP contribution is -3.00. The Balaban J connectivity index is 0.00000324. The van der Waals surface area contributed by atoms with Gasteiger partial charge in [-0.3, -0.25) is 0 Å². The van der Waals surface area contributed by atoms with Crippen molar-refractivity contribution >= 4 is 26.8 Å². The van der Waals surface area contributed by atoms with Gasteiger partial charge in [-0.25, -0.2) is 18.2 Å². The van der Waals surface area contributed by atoms with E-state index < -0.39 is 10.0 Å². The van der Waals surface area contributed by atoms with Crippen LogP contribution in [0, 0.1) is 0 Å². The number of urea groups is 1. The highest BCUT2D eigenvalue weighted by molar-refractivity contribution is 7.89. The molecule has 1 aliphatic rings. The van der Waals surface area contributed by atoms with E-state index in [0.29, 0.717) is 6.54 Å². The van der Waals surface area contributed by atoms with Crippen molar-refractivity contribution in [3.05, 3.63) is 77.9 Å². The third-order valence-corrected chi connectivity index (χ3v) is 7.65. The van der Waals surface area contributed by atoms with E-state index in [1.807, 2.05) is 48.5 Å². The van der Waals surface area contributed by atoms with Gasteiger partial charge in [-0.15, -0.1) is 4.83 Å². The lowest BCUT2D eigenvalue weighted by atomic mass is 10.1. The Hall–Kier alpha value is -2.65. The average molecular weight is 503 g/mol. The molecule has 3 aromatic rings. The molecule has 1 aliphatic carbocycles. The number of benzene rings is 3. The molecule has 0 heterocycles.